The van der Waals surface area contributed by atoms with E-state index in [0.717, 1.165) is 19.8 Å². The molecule has 28 heavy (non-hydrogen) atoms. The minimum absolute atomic E-state index is 0.254. The number of aliphatic hydroxyl groups is 1. The number of anilines is 1. The molecule has 3 heterocycles. The summed E-state index contributed by atoms with van der Waals surface area (Å²) in [6, 6.07) is 9.88. The van der Waals surface area contributed by atoms with E-state index in [1.54, 1.807) is 28.4 Å². The predicted octanol–water partition coefficient (Wildman–Crippen LogP) is 2.91. The molecule has 1 aliphatic heterocycles. The third-order valence-corrected chi connectivity index (χ3v) is 6.06. The molecule has 0 amide bonds. The third-order valence-electron chi connectivity index (χ3n) is 4.45. The molecule has 0 aliphatic carbocycles. The summed E-state index contributed by atoms with van der Waals surface area (Å²) in [7, 11) is 0. The predicted molar refractivity (Wildman–Crippen MR) is 110 cm³/mol. The number of rotatable bonds is 4. The molecule has 1 aromatic carbocycles. The Morgan fingerprint density at radius 1 is 1.25 bits per heavy atom. The van der Waals surface area contributed by atoms with E-state index in [-0.39, 0.29) is 18.3 Å². The van der Waals surface area contributed by atoms with E-state index in [1.807, 2.05) is 18.2 Å². The molecule has 0 fully saturated rings. The van der Waals surface area contributed by atoms with Crippen LogP contribution in [-0.2, 0) is 6.54 Å². The summed E-state index contributed by atoms with van der Waals surface area (Å²) in [6.07, 6.45) is 2.54. The van der Waals surface area contributed by atoms with Gasteiger partial charge in [-0.25, -0.2) is 14.2 Å². The SMILES string of the molecule is O=c1nc(N2CC=C(c3ccc(F)cc3)[C@@H](O)C2)ncn1Cc1ccc(Br)s1. The Bertz CT molecular complexity index is 1080. The largest absolute Gasteiger partial charge is 0.387 e. The summed E-state index contributed by atoms with van der Waals surface area (Å²) in [4.78, 5) is 23.5. The molecule has 0 unspecified atom stereocenters. The lowest BCUT2D eigenvalue weighted by atomic mass is 9.97. The van der Waals surface area contributed by atoms with Gasteiger partial charge in [0.25, 0.3) is 0 Å². The van der Waals surface area contributed by atoms with Gasteiger partial charge in [0.05, 0.1) is 23.0 Å². The lowest BCUT2D eigenvalue weighted by Gasteiger charge is -2.30. The van der Waals surface area contributed by atoms with Crippen LogP contribution in [0.3, 0.4) is 0 Å². The van der Waals surface area contributed by atoms with Gasteiger partial charge in [0.1, 0.15) is 12.1 Å². The fourth-order valence-corrected chi connectivity index (χ4v) is 4.54. The molecule has 0 bridgehead atoms. The van der Waals surface area contributed by atoms with Crippen molar-refractivity contribution in [3.05, 3.63) is 79.3 Å². The van der Waals surface area contributed by atoms with Gasteiger partial charge in [-0.1, -0.05) is 18.2 Å². The lowest BCUT2D eigenvalue weighted by molar-refractivity contribution is 0.233. The van der Waals surface area contributed by atoms with Gasteiger partial charge in [0.2, 0.25) is 5.95 Å². The summed E-state index contributed by atoms with van der Waals surface area (Å²) < 4.78 is 15.5. The number of hydrogen-bond acceptors (Lipinski definition) is 6. The first kappa shape index (κ1) is 19.0. The van der Waals surface area contributed by atoms with E-state index in [4.69, 9.17) is 0 Å². The zero-order valence-corrected chi connectivity index (χ0v) is 17.0. The molecule has 0 saturated heterocycles. The molecule has 144 valence electrons. The number of thiophene rings is 1. The Kier molecular flexibility index (Phi) is 5.38. The summed E-state index contributed by atoms with van der Waals surface area (Å²) >= 11 is 4.95. The molecule has 2 aromatic heterocycles. The van der Waals surface area contributed by atoms with Crippen molar-refractivity contribution in [3.8, 4) is 0 Å². The highest BCUT2D eigenvalue weighted by Gasteiger charge is 2.23. The van der Waals surface area contributed by atoms with E-state index >= 15 is 0 Å². The minimum Gasteiger partial charge on any atom is -0.387 e. The van der Waals surface area contributed by atoms with Gasteiger partial charge in [-0.05, 0) is 51.3 Å². The smallest absolute Gasteiger partial charge is 0.352 e. The number of β-amino-alcohol motifs (C(OH)–C–C–N with tert-alkyl or cyclic N) is 1. The van der Waals surface area contributed by atoms with Crippen molar-refractivity contribution in [1.29, 1.82) is 0 Å². The van der Waals surface area contributed by atoms with E-state index in [1.165, 1.54) is 23.0 Å². The highest BCUT2D eigenvalue weighted by molar-refractivity contribution is 9.11. The Morgan fingerprint density at radius 2 is 2.04 bits per heavy atom. The number of aromatic nitrogens is 3. The maximum absolute atomic E-state index is 13.1. The van der Waals surface area contributed by atoms with Crippen LogP contribution in [0.15, 0.2) is 57.4 Å². The highest BCUT2D eigenvalue weighted by Crippen LogP contribution is 2.25. The number of benzene rings is 1. The molecule has 4 rings (SSSR count). The van der Waals surface area contributed by atoms with Gasteiger partial charge in [0, 0.05) is 11.4 Å². The molecule has 9 heteroatoms. The van der Waals surface area contributed by atoms with Gasteiger partial charge in [-0.3, -0.25) is 4.57 Å². The van der Waals surface area contributed by atoms with Crippen LogP contribution in [0.2, 0.25) is 0 Å². The first-order chi connectivity index (χ1) is 13.5. The van der Waals surface area contributed by atoms with Crippen molar-refractivity contribution in [2.45, 2.75) is 12.6 Å². The number of aliphatic hydroxyl groups excluding tert-OH is 1. The van der Waals surface area contributed by atoms with E-state index in [9.17, 15) is 14.3 Å². The van der Waals surface area contributed by atoms with Crippen LogP contribution in [0.5, 0.6) is 0 Å². The Balaban J connectivity index is 1.51. The van der Waals surface area contributed by atoms with Crippen molar-refractivity contribution in [3.63, 3.8) is 0 Å². The van der Waals surface area contributed by atoms with Crippen LogP contribution in [0.1, 0.15) is 10.4 Å². The van der Waals surface area contributed by atoms with Gasteiger partial charge < -0.3 is 10.0 Å². The lowest BCUT2D eigenvalue weighted by Crippen LogP contribution is -2.40. The first-order valence-corrected chi connectivity index (χ1v) is 10.2. The maximum Gasteiger partial charge on any atom is 0.352 e. The highest BCUT2D eigenvalue weighted by atomic mass is 79.9. The number of nitrogens with zero attached hydrogens (tertiary/aromatic N) is 4. The molecule has 0 spiro atoms. The van der Waals surface area contributed by atoms with Crippen LogP contribution in [-0.4, -0.2) is 38.8 Å². The van der Waals surface area contributed by atoms with Crippen molar-refractivity contribution < 1.29 is 9.50 Å². The van der Waals surface area contributed by atoms with Crippen molar-refractivity contribution in [1.82, 2.24) is 14.5 Å². The van der Waals surface area contributed by atoms with Crippen LogP contribution < -0.4 is 10.6 Å². The molecule has 1 N–H and O–H groups in total. The zero-order chi connectivity index (χ0) is 19.7. The molecular formula is C19H16BrFN4O2S. The molecule has 1 aliphatic rings. The van der Waals surface area contributed by atoms with Crippen LogP contribution in [0, 0.1) is 5.82 Å². The molecule has 1 atom stereocenters. The Morgan fingerprint density at radius 3 is 2.68 bits per heavy atom. The molecule has 6 nitrogen and oxygen atoms in total. The first-order valence-electron chi connectivity index (χ1n) is 8.56. The average Bonchev–Trinajstić information content (AvgIpc) is 3.09. The Hall–Kier alpha value is -2.36. The summed E-state index contributed by atoms with van der Waals surface area (Å²) in [5.74, 6) is -0.0396. The van der Waals surface area contributed by atoms with Crippen LogP contribution in [0.25, 0.3) is 5.57 Å². The van der Waals surface area contributed by atoms with Gasteiger partial charge in [-0.2, -0.15) is 4.98 Å². The van der Waals surface area contributed by atoms with E-state index in [0.29, 0.717) is 13.1 Å². The van der Waals surface area contributed by atoms with Crippen LogP contribution >= 0.6 is 27.3 Å². The van der Waals surface area contributed by atoms with Gasteiger partial charge >= 0.3 is 5.69 Å². The molecular weight excluding hydrogens is 447 g/mol. The van der Waals surface area contributed by atoms with E-state index in [2.05, 4.69) is 25.9 Å². The molecule has 3 aromatic rings. The second kappa shape index (κ2) is 7.94. The quantitative estimate of drug-likeness (QED) is 0.645. The second-order valence-electron chi connectivity index (χ2n) is 6.36. The number of hydrogen-bond donors (Lipinski definition) is 1. The third kappa shape index (κ3) is 4.06. The standard InChI is InChI=1S/C19H16BrFN4O2S/c20-17-6-5-14(28-17)9-25-11-22-18(23-19(25)27)24-8-7-15(16(26)10-24)12-1-3-13(21)4-2-12/h1-7,11,16,26H,8-10H2/t16-/m0/s1. The van der Waals surface area contributed by atoms with Crippen molar-refractivity contribution in [2.75, 3.05) is 18.0 Å². The zero-order valence-electron chi connectivity index (χ0n) is 14.6. The van der Waals surface area contributed by atoms with Crippen LogP contribution in [0.4, 0.5) is 10.3 Å². The maximum atomic E-state index is 13.1. The molecule has 0 radical (unpaired) electrons. The number of halogens is 2. The Labute approximate surface area is 172 Å². The summed E-state index contributed by atoms with van der Waals surface area (Å²) in [5, 5.41) is 10.5. The normalized spacial score (nSPS) is 16.9. The summed E-state index contributed by atoms with van der Waals surface area (Å²) in [6.45, 7) is 1.11. The monoisotopic (exact) mass is 462 g/mol. The fourth-order valence-electron chi connectivity index (χ4n) is 3.06. The second-order valence-corrected chi connectivity index (χ2v) is 8.91. The minimum atomic E-state index is -0.784. The van der Waals surface area contributed by atoms with Crippen molar-refractivity contribution in [2.24, 2.45) is 0 Å². The topological polar surface area (TPSA) is 71.2 Å². The van der Waals surface area contributed by atoms with E-state index < -0.39 is 11.8 Å². The average molecular weight is 463 g/mol. The van der Waals surface area contributed by atoms with Gasteiger partial charge in [-0.15, -0.1) is 11.3 Å². The van der Waals surface area contributed by atoms with Crippen molar-refractivity contribution >= 4 is 38.8 Å². The summed E-state index contributed by atoms with van der Waals surface area (Å²) in [5.41, 5.74) is 1.11. The molecule has 0 saturated carbocycles. The fraction of sp³-hybridized carbons (Fsp3) is 0.211. The van der Waals surface area contributed by atoms with Gasteiger partial charge in [0.15, 0.2) is 0 Å².